The molecule has 0 aliphatic carbocycles. The number of hydrogen-bond donors (Lipinski definition) is 2. The molecule has 1 atom stereocenters. The zero-order valence-electron chi connectivity index (χ0n) is 16.0. The fourth-order valence-electron chi connectivity index (χ4n) is 2.96. The van der Waals surface area contributed by atoms with Gasteiger partial charge in [0, 0.05) is 50.0 Å². The van der Waals surface area contributed by atoms with Crippen molar-refractivity contribution in [2.24, 2.45) is 0 Å². The molecule has 2 amide bonds. The molecule has 0 radical (unpaired) electrons. The molecular weight excluding hydrogens is 350 g/mol. The number of hydrogen-bond acceptors (Lipinski definition) is 6. The van der Waals surface area contributed by atoms with Crippen molar-refractivity contribution < 1.29 is 14.5 Å². The number of nitro groups is 1. The van der Waals surface area contributed by atoms with Crippen molar-refractivity contribution in [1.29, 1.82) is 0 Å². The van der Waals surface area contributed by atoms with Gasteiger partial charge in [-0.2, -0.15) is 0 Å². The summed E-state index contributed by atoms with van der Waals surface area (Å²) in [6.07, 6.45) is 0. The Hall–Kier alpha value is -2.52. The number of nitro benzene ring substituents is 1. The average Bonchev–Trinajstić information content (AvgIpc) is 2.61. The molecule has 1 aromatic carbocycles. The molecule has 1 aliphatic rings. The lowest BCUT2D eigenvalue weighted by Gasteiger charge is -2.37. The number of benzene rings is 1. The predicted octanol–water partition coefficient (Wildman–Crippen LogP) is 1.06. The Balaban J connectivity index is 1.80. The van der Waals surface area contributed by atoms with Gasteiger partial charge in [-0.25, -0.2) is 0 Å². The smallest absolute Gasteiger partial charge is 0.269 e. The second-order valence-electron chi connectivity index (χ2n) is 7.00. The molecule has 1 aliphatic heterocycles. The summed E-state index contributed by atoms with van der Waals surface area (Å²) >= 11 is 0. The van der Waals surface area contributed by atoms with Crippen LogP contribution < -0.4 is 10.6 Å². The molecule has 0 aromatic heterocycles. The molecule has 27 heavy (non-hydrogen) atoms. The summed E-state index contributed by atoms with van der Waals surface area (Å²) in [6, 6.07) is 5.57. The fourth-order valence-corrected chi connectivity index (χ4v) is 2.96. The molecule has 0 saturated carbocycles. The van der Waals surface area contributed by atoms with Crippen LogP contribution in [0.5, 0.6) is 0 Å². The predicted molar refractivity (Wildman–Crippen MR) is 102 cm³/mol. The summed E-state index contributed by atoms with van der Waals surface area (Å²) in [7, 11) is 0. The van der Waals surface area contributed by atoms with Crippen LogP contribution in [0.2, 0.25) is 0 Å². The van der Waals surface area contributed by atoms with Crippen molar-refractivity contribution in [3.8, 4) is 0 Å². The van der Waals surface area contributed by atoms with E-state index in [9.17, 15) is 19.7 Å². The van der Waals surface area contributed by atoms with Crippen LogP contribution >= 0.6 is 0 Å². The number of amides is 2. The molecule has 1 fully saturated rings. The summed E-state index contributed by atoms with van der Waals surface area (Å²) in [6.45, 7) is 8.91. The maximum Gasteiger partial charge on any atom is 0.269 e. The number of carbonyl (C=O) groups excluding carboxylic acids is 2. The first-order valence-electron chi connectivity index (χ1n) is 9.07. The van der Waals surface area contributed by atoms with Crippen molar-refractivity contribution in [3.05, 3.63) is 34.4 Å². The van der Waals surface area contributed by atoms with Crippen LogP contribution in [-0.4, -0.2) is 71.3 Å². The van der Waals surface area contributed by atoms with Crippen LogP contribution in [0.4, 0.5) is 11.4 Å². The largest absolute Gasteiger partial charge is 0.353 e. The van der Waals surface area contributed by atoms with Crippen LogP contribution in [0.1, 0.15) is 20.8 Å². The summed E-state index contributed by atoms with van der Waals surface area (Å²) in [5.41, 5.74) is 0.514. The molecule has 148 valence electrons. The lowest BCUT2D eigenvalue weighted by Crippen LogP contribution is -2.54. The Morgan fingerprint density at radius 1 is 1.11 bits per heavy atom. The SMILES string of the molecule is CC(C)NC(=O)CN1CCN(C(C)C(=O)Nc2ccc([N+](=O)[O-])cc2)CC1. The van der Waals surface area contributed by atoms with Gasteiger partial charge in [0.2, 0.25) is 11.8 Å². The van der Waals surface area contributed by atoms with Crippen molar-refractivity contribution in [2.75, 3.05) is 38.0 Å². The van der Waals surface area contributed by atoms with Gasteiger partial charge in [0.25, 0.3) is 5.69 Å². The van der Waals surface area contributed by atoms with Gasteiger partial charge < -0.3 is 10.6 Å². The highest BCUT2D eigenvalue weighted by Crippen LogP contribution is 2.16. The first-order chi connectivity index (χ1) is 12.8. The number of rotatable bonds is 7. The third-order valence-corrected chi connectivity index (χ3v) is 4.50. The molecule has 9 heteroatoms. The summed E-state index contributed by atoms with van der Waals surface area (Å²) < 4.78 is 0. The number of carbonyl (C=O) groups is 2. The van der Waals surface area contributed by atoms with Gasteiger partial charge in [-0.3, -0.25) is 29.5 Å². The third-order valence-electron chi connectivity index (χ3n) is 4.50. The van der Waals surface area contributed by atoms with Crippen LogP contribution in [0.15, 0.2) is 24.3 Å². The maximum atomic E-state index is 12.4. The van der Waals surface area contributed by atoms with Gasteiger partial charge in [-0.05, 0) is 32.9 Å². The van der Waals surface area contributed by atoms with E-state index < -0.39 is 4.92 Å². The minimum Gasteiger partial charge on any atom is -0.353 e. The third kappa shape index (κ3) is 6.30. The summed E-state index contributed by atoms with van der Waals surface area (Å²) in [5, 5.41) is 16.3. The number of piperazine rings is 1. The van der Waals surface area contributed by atoms with Gasteiger partial charge in [-0.15, -0.1) is 0 Å². The first kappa shape index (κ1) is 20.8. The minimum absolute atomic E-state index is 0.0151. The number of non-ortho nitro benzene ring substituents is 1. The van der Waals surface area contributed by atoms with E-state index in [2.05, 4.69) is 20.4 Å². The fraction of sp³-hybridized carbons (Fsp3) is 0.556. The lowest BCUT2D eigenvalue weighted by molar-refractivity contribution is -0.384. The number of anilines is 1. The second-order valence-corrected chi connectivity index (χ2v) is 7.00. The first-order valence-corrected chi connectivity index (χ1v) is 9.07. The second kappa shape index (κ2) is 9.43. The van der Waals surface area contributed by atoms with E-state index in [0.717, 1.165) is 13.1 Å². The molecule has 0 bridgehead atoms. The van der Waals surface area contributed by atoms with Gasteiger partial charge in [0.15, 0.2) is 0 Å². The number of nitrogens with zero attached hydrogens (tertiary/aromatic N) is 3. The molecule has 2 rings (SSSR count). The Labute approximate surface area is 158 Å². The monoisotopic (exact) mass is 377 g/mol. The molecule has 1 saturated heterocycles. The Kier molecular flexibility index (Phi) is 7.26. The molecule has 9 nitrogen and oxygen atoms in total. The van der Waals surface area contributed by atoms with Gasteiger partial charge in [-0.1, -0.05) is 0 Å². The van der Waals surface area contributed by atoms with Crippen molar-refractivity contribution >= 4 is 23.2 Å². The Morgan fingerprint density at radius 2 is 1.70 bits per heavy atom. The maximum absolute atomic E-state index is 12.4. The average molecular weight is 377 g/mol. The zero-order chi connectivity index (χ0) is 20.0. The summed E-state index contributed by atoms with van der Waals surface area (Å²) in [4.78, 5) is 38.6. The van der Waals surface area contributed by atoms with Gasteiger partial charge in [0.05, 0.1) is 17.5 Å². The van der Waals surface area contributed by atoms with E-state index >= 15 is 0 Å². The van der Waals surface area contributed by atoms with Crippen LogP contribution in [-0.2, 0) is 9.59 Å². The molecule has 1 aromatic rings. The molecule has 0 spiro atoms. The van der Waals surface area contributed by atoms with E-state index in [4.69, 9.17) is 0 Å². The topological polar surface area (TPSA) is 108 Å². The molecule has 1 heterocycles. The minimum atomic E-state index is -0.477. The highest BCUT2D eigenvalue weighted by atomic mass is 16.6. The van der Waals surface area contributed by atoms with Crippen molar-refractivity contribution in [1.82, 2.24) is 15.1 Å². The van der Waals surface area contributed by atoms with E-state index in [1.54, 1.807) is 0 Å². The molecule has 2 N–H and O–H groups in total. The molecular formula is C18H27N5O4. The van der Waals surface area contributed by atoms with Gasteiger partial charge >= 0.3 is 0 Å². The Bertz CT molecular complexity index is 669. The zero-order valence-corrected chi connectivity index (χ0v) is 16.0. The summed E-state index contributed by atoms with van der Waals surface area (Å²) in [5.74, 6) is -0.141. The van der Waals surface area contributed by atoms with E-state index in [-0.39, 0.29) is 29.6 Å². The quantitative estimate of drug-likeness (QED) is 0.543. The van der Waals surface area contributed by atoms with Crippen molar-refractivity contribution in [2.45, 2.75) is 32.9 Å². The normalized spacial score (nSPS) is 16.7. The molecule has 1 unspecified atom stereocenters. The van der Waals surface area contributed by atoms with Crippen LogP contribution in [0, 0.1) is 10.1 Å². The van der Waals surface area contributed by atoms with Crippen LogP contribution in [0.3, 0.4) is 0 Å². The van der Waals surface area contributed by atoms with Crippen molar-refractivity contribution in [3.63, 3.8) is 0 Å². The highest BCUT2D eigenvalue weighted by Gasteiger charge is 2.26. The van der Waals surface area contributed by atoms with Gasteiger partial charge in [0.1, 0.15) is 0 Å². The van der Waals surface area contributed by atoms with E-state index in [1.165, 1.54) is 24.3 Å². The Morgan fingerprint density at radius 3 is 2.22 bits per heavy atom. The van der Waals surface area contributed by atoms with E-state index in [1.807, 2.05) is 20.8 Å². The lowest BCUT2D eigenvalue weighted by atomic mass is 10.2. The van der Waals surface area contributed by atoms with E-state index in [0.29, 0.717) is 25.3 Å². The van der Waals surface area contributed by atoms with Crippen LogP contribution in [0.25, 0.3) is 0 Å². The standard InChI is InChI=1S/C18H27N5O4/c1-13(2)19-17(24)12-21-8-10-22(11-9-21)14(3)18(25)20-15-4-6-16(7-5-15)23(26)27/h4-7,13-14H,8-12H2,1-3H3,(H,19,24)(H,20,25). The highest BCUT2D eigenvalue weighted by molar-refractivity contribution is 5.94. The number of nitrogens with one attached hydrogen (secondary N) is 2.